The Hall–Kier alpha value is -2.70. The molecule has 2 rings (SSSR count). The molecule has 1 heterocycles. The van der Waals surface area contributed by atoms with Crippen LogP contribution in [0.15, 0.2) is 28.8 Å². The first-order valence-corrected chi connectivity index (χ1v) is 8.38. The summed E-state index contributed by atoms with van der Waals surface area (Å²) >= 11 is 0. The van der Waals surface area contributed by atoms with Gasteiger partial charge in [-0.1, -0.05) is 30.3 Å². The first-order valence-electron chi connectivity index (χ1n) is 8.38. The van der Waals surface area contributed by atoms with Crippen LogP contribution in [0.25, 0.3) is 0 Å². The van der Waals surface area contributed by atoms with Gasteiger partial charge in [-0.25, -0.2) is 0 Å². The minimum Gasteiger partial charge on any atom is -0.469 e. The standard InChI is InChI=1S/C18H23N3O4/c1-3-7-15-20-17(25-21-15)11-6-10-16(22)19-14-9-5-4-8-13(14)12-18(23)24-2/h4-5,8-9H,3,6-7,10-12H2,1-2H3,(H,19,22). The second-order valence-corrected chi connectivity index (χ2v) is 5.67. The summed E-state index contributed by atoms with van der Waals surface area (Å²) in [6, 6.07) is 7.19. The average molecular weight is 345 g/mol. The second kappa shape index (κ2) is 9.56. The van der Waals surface area contributed by atoms with Gasteiger partial charge in [0.25, 0.3) is 0 Å². The minimum absolute atomic E-state index is 0.120. The fourth-order valence-electron chi connectivity index (χ4n) is 2.35. The highest BCUT2D eigenvalue weighted by atomic mass is 16.5. The molecule has 1 N–H and O–H groups in total. The Labute approximate surface area is 146 Å². The Morgan fingerprint density at radius 3 is 2.80 bits per heavy atom. The number of carbonyl (C=O) groups is 2. The molecule has 0 bridgehead atoms. The zero-order chi connectivity index (χ0) is 18.1. The third-order valence-corrected chi connectivity index (χ3v) is 3.63. The van der Waals surface area contributed by atoms with Gasteiger partial charge in [0.2, 0.25) is 11.8 Å². The van der Waals surface area contributed by atoms with Crippen molar-refractivity contribution < 1.29 is 18.8 Å². The number of hydrogen-bond acceptors (Lipinski definition) is 6. The van der Waals surface area contributed by atoms with Crippen LogP contribution in [0.3, 0.4) is 0 Å². The van der Waals surface area contributed by atoms with Gasteiger partial charge in [-0.2, -0.15) is 4.98 Å². The first-order chi connectivity index (χ1) is 12.1. The number of carbonyl (C=O) groups excluding carboxylic acids is 2. The molecule has 0 aliphatic carbocycles. The molecule has 25 heavy (non-hydrogen) atoms. The van der Waals surface area contributed by atoms with E-state index in [0.29, 0.717) is 36.7 Å². The van der Waals surface area contributed by atoms with Crippen LogP contribution < -0.4 is 5.32 Å². The van der Waals surface area contributed by atoms with Gasteiger partial charge < -0.3 is 14.6 Å². The maximum atomic E-state index is 12.1. The Kier molecular flexibility index (Phi) is 7.13. The molecule has 1 aromatic carbocycles. The van der Waals surface area contributed by atoms with E-state index in [2.05, 4.69) is 27.1 Å². The van der Waals surface area contributed by atoms with Crippen molar-refractivity contribution in [3.05, 3.63) is 41.5 Å². The third-order valence-electron chi connectivity index (χ3n) is 3.63. The molecule has 0 saturated carbocycles. The number of aryl methyl sites for hydroxylation is 2. The number of hydrogen-bond donors (Lipinski definition) is 1. The van der Waals surface area contributed by atoms with Gasteiger partial charge in [-0.05, 0) is 24.5 Å². The molecule has 0 aliphatic rings. The third kappa shape index (κ3) is 6.02. The highest BCUT2D eigenvalue weighted by Gasteiger charge is 2.11. The molecule has 2 aromatic rings. The Bertz CT molecular complexity index is 712. The van der Waals surface area contributed by atoms with Crippen LogP contribution in [0, 0.1) is 0 Å². The van der Waals surface area contributed by atoms with Crippen LogP contribution in [-0.4, -0.2) is 29.1 Å². The molecule has 0 spiro atoms. The minimum atomic E-state index is -0.346. The van der Waals surface area contributed by atoms with E-state index in [0.717, 1.165) is 18.4 Å². The van der Waals surface area contributed by atoms with Crippen molar-refractivity contribution in [2.75, 3.05) is 12.4 Å². The zero-order valence-electron chi connectivity index (χ0n) is 14.6. The molecule has 0 radical (unpaired) electrons. The summed E-state index contributed by atoms with van der Waals surface area (Å²) in [4.78, 5) is 27.8. The molecule has 7 heteroatoms. The van der Waals surface area contributed by atoms with Gasteiger partial charge in [-0.3, -0.25) is 9.59 Å². The van der Waals surface area contributed by atoms with E-state index >= 15 is 0 Å². The lowest BCUT2D eigenvalue weighted by Crippen LogP contribution is -2.14. The largest absolute Gasteiger partial charge is 0.469 e. The monoisotopic (exact) mass is 345 g/mol. The number of methoxy groups -OCH3 is 1. The quantitative estimate of drug-likeness (QED) is 0.702. The summed E-state index contributed by atoms with van der Waals surface area (Å²) < 4.78 is 9.82. The van der Waals surface area contributed by atoms with Crippen LogP contribution in [0.2, 0.25) is 0 Å². The molecule has 0 saturated heterocycles. The highest BCUT2D eigenvalue weighted by Crippen LogP contribution is 2.17. The van der Waals surface area contributed by atoms with E-state index < -0.39 is 0 Å². The number of anilines is 1. The molecular formula is C18H23N3O4. The van der Waals surface area contributed by atoms with Gasteiger partial charge in [0.1, 0.15) is 0 Å². The molecule has 0 aliphatic heterocycles. The van der Waals surface area contributed by atoms with Crippen molar-refractivity contribution in [2.45, 2.75) is 45.4 Å². The van der Waals surface area contributed by atoms with Crippen LogP contribution in [-0.2, 0) is 33.6 Å². The molecule has 0 fully saturated rings. The highest BCUT2D eigenvalue weighted by molar-refractivity contribution is 5.92. The lowest BCUT2D eigenvalue weighted by molar-refractivity contribution is -0.139. The fourth-order valence-corrected chi connectivity index (χ4v) is 2.35. The fraction of sp³-hybridized carbons (Fsp3) is 0.444. The second-order valence-electron chi connectivity index (χ2n) is 5.67. The van der Waals surface area contributed by atoms with Gasteiger partial charge in [0, 0.05) is 24.9 Å². The summed E-state index contributed by atoms with van der Waals surface area (Å²) in [5, 5.41) is 6.73. The normalized spacial score (nSPS) is 10.5. The number of rotatable bonds is 9. The van der Waals surface area contributed by atoms with Crippen molar-refractivity contribution in [1.82, 2.24) is 10.1 Å². The van der Waals surface area contributed by atoms with E-state index in [4.69, 9.17) is 4.52 Å². The van der Waals surface area contributed by atoms with Crippen molar-refractivity contribution in [3.8, 4) is 0 Å². The van der Waals surface area contributed by atoms with Crippen molar-refractivity contribution in [3.63, 3.8) is 0 Å². The number of nitrogens with zero attached hydrogens (tertiary/aromatic N) is 2. The van der Waals surface area contributed by atoms with E-state index in [1.54, 1.807) is 12.1 Å². The van der Waals surface area contributed by atoms with Gasteiger partial charge in [0.15, 0.2) is 5.82 Å². The predicted molar refractivity (Wildman–Crippen MR) is 92.0 cm³/mol. The van der Waals surface area contributed by atoms with Crippen LogP contribution >= 0.6 is 0 Å². The smallest absolute Gasteiger partial charge is 0.310 e. The number of para-hydroxylation sites is 1. The predicted octanol–water partition coefficient (Wildman–Crippen LogP) is 2.70. The molecule has 0 atom stereocenters. The Balaban J connectivity index is 1.82. The lowest BCUT2D eigenvalue weighted by Gasteiger charge is -2.10. The number of ether oxygens (including phenoxy) is 1. The maximum Gasteiger partial charge on any atom is 0.310 e. The number of aromatic nitrogens is 2. The zero-order valence-corrected chi connectivity index (χ0v) is 14.6. The van der Waals surface area contributed by atoms with E-state index in [1.165, 1.54) is 7.11 Å². The molecule has 1 aromatic heterocycles. The van der Waals surface area contributed by atoms with Crippen LogP contribution in [0.5, 0.6) is 0 Å². The van der Waals surface area contributed by atoms with Gasteiger partial charge in [-0.15, -0.1) is 0 Å². The van der Waals surface area contributed by atoms with Gasteiger partial charge >= 0.3 is 5.97 Å². The number of esters is 1. The van der Waals surface area contributed by atoms with E-state index in [1.807, 2.05) is 12.1 Å². The summed E-state index contributed by atoms with van der Waals surface area (Å²) in [6.07, 6.45) is 3.38. The average Bonchev–Trinajstić information content (AvgIpc) is 3.04. The molecule has 134 valence electrons. The Morgan fingerprint density at radius 2 is 2.04 bits per heavy atom. The van der Waals surface area contributed by atoms with Crippen molar-refractivity contribution in [1.29, 1.82) is 0 Å². The first kappa shape index (κ1) is 18.6. The van der Waals surface area contributed by atoms with Crippen molar-refractivity contribution in [2.24, 2.45) is 0 Å². The SMILES string of the molecule is CCCc1noc(CCCC(=O)Nc2ccccc2CC(=O)OC)n1. The molecule has 1 amide bonds. The van der Waals surface area contributed by atoms with E-state index in [9.17, 15) is 9.59 Å². The summed E-state index contributed by atoms with van der Waals surface area (Å²) in [5.41, 5.74) is 1.35. The molecule has 7 nitrogen and oxygen atoms in total. The lowest BCUT2D eigenvalue weighted by atomic mass is 10.1. The topological polar surface area (TPSA) is 94.3 Å². The summed E-state index contributed by atoms with van der Waals surface area (Å²) in [6.45, 7) is 2.05. The van der Waals surface area contributed by atoms with E-state index in [-0.39, 0.29) is 18.3 Å². The summed E-state index contributed by atoms with van der Waals surface area (Å²) in [7, 11) is 1.34. The summed E-state index contributed by atoms with van der Waals surface area (Å²) in [5.74, 6) is 0.799. The number of nitrogens with one attached hydrogen (secondary N) is 1. The van der Waals surface area contributed by atoms with Crippen LogP contribution in [0.4, 0.5) is 5.69 Å². The van der Waals surface area contributed by atoms with Crippen LogP contribution in [0.1, 0.15) is 43.5 Å². The number of amides is 1. The molecule has 0 unspecified atom stereocenters. The number of benzene rings is 1. The Morgan fingerprint density at radius 1 is 1.24 bits per heavy atom. The van der Waals surface area contributed by atoms with Gasteiger partial charge in [0.05, 0.1) is 13.5 Å². The molecular weight excluding hydrogens is 322 g/mol. The van der Waals surface area contributed by atoms with Crippen molar-refractivity contribution >= 4 is 17.6 Å². The maximum absolute atomic E-state index is 12.1.